The van der Waals surface area contributed by atoms with E-state index < -0.39 is 0 Å². The molecule has 0 bridgehead atoms. The van der Waals surface area contributed by atoms with Crippen LogP contribution in [0.25, 0.3) is 10.2 Å². The number of anilines is 2. The summed E-state index contributed by atoms with van der Waals surface area (Å²) >= 11 is 2.89. The van der Waals surface area contributed by atoms with Gasteiger partial charge in [0.2, 0.25) is 5.91 Å². The maximum atomic E-state index is 11.9. The van der Waals surface area contributed by atoms with Crippen molar-refractivity contribution in [3.05, 3.63) is 42.5 Å². The smallest absolute Gasteiger partial charge is 0.234 e. The number of phenols is 1. The molecule has 1 aromatic heterocycles. The Morgan fingerprint density at radius 2 is 2.18 bits per heavy atom. The topological polar surface area (TPSA) is 88.2 Å². The highest BCUT2D eigenvalue weighted by atomic mass is 32.2. The maximum absolute atomic E-state index is 11.9. The molecule has 0 unspecified atom stereocenters. The zero-order valence-corrected chi connectivity index (χ0v) is 13.1. The van der Waals surface area contributed by atoms with E-state index in [1.54, 1.807) is 18.2 Å². The molecule has 0 aliphatic rings. The maximum Gasteiger partial charge on any atom is 0.234 e. The van der Waals surface area contributed by atoms with Crippen LogP contribution in [-0.2, 0) is 4.79 Å². The minimum Gasteiger partial charge on any atom is -0.508 e. The number of nitrogens with two attached hydrogens (primary N) is 1. The molecule has 2 aromatic carbocycles. The number of carbonyl (C=O) groups excluding carboxylic acids is 1. The standard InChI is InChI=1S/C15H13N3O2S2/c16-9-4-5-12-13(6-9)22-15(18-12)21-8-14(20)17-10-2-1-3-11(19)7-10/h1-7,19H,8,16H2,(H,17,20). The zero-order valence-electron chi connectivity index (χ0n) is 11.4. The molecule has 0 fully saturated rings. The predicted molar refractivity (Wildman–Crippen MR) is 91.5 cm³/mol. The molecule has 4 N–H and O–H groups in total. The molecule has 1 heterocycles. The second-order valence-corrected chi connectivity index (χ2v) is 6.85. The van der Waals surface area contributed by atoms with E-state index in [9.17, 15) is 9.90 Å². The van der Waals surface area contributed by atoms with Gasteiger partial charge in [-0.15, -0.1) is 11.3 Å². The molecule has 112 valence electrons. The van der Waals surface area contributed by atoms with Crippen molar-refractivity contribution in [3.63, 3.8) is 0 Å². The van der Waals surface area contributed by atoms with Crippen LogP contribution in [-0.4, -0.2) is 21.8 Å². The Morgan fingerprint density at radius 3 is 3.00 bits per heavy atom. The Hall–Kier alpha value is -2.25. The van der Waals surface area contributed by atoms with Gasteiger partial charge in [0.1, 0.15) is 5.75 Å². The monoisotopic (exact) mass is 331 g/mol. The molecular formula is C15H13N3O2S2. The summed E-state index contributed by atoms with van der Waals surface area (Å²) in [5.74, 6) is 0.230. The number of aromatic nitrogens is 1. The second kappa shape index (κ2) is 6.25. The van der Waals surface area contributed by atoms with Gasteiger partial charge in [0.05, 0.1) is 16.0 Å². The lowest BCUT2D eigenvalue weighted by atomic mass is 10.3. The number of rotatable bonds is 4. The number of phenolic OH excluding ortho intramolecular Hbond substituents is 1. The minimum absolute atomic E-state index is 0.120. The second-order valence-electron chi connectivity index (χ2n) is 4.59. The van der Waals surface area contributed by atoms with Gasteiger partial charge < -0.3 is 16.2 Å². The number of hydrogen-bond donors (Lipinski definition) is 3. The lowest BCUT2D eigenvalue weighted by molar-refractivity contribution is -0.113. The van der Waals surface area contributed by atoms with Crippen molar-refractivity contribution in [2.45, 2.75) is 4.34 Å². The summed E-state index contributed by atoms with van der Waals surface area (Å²) in [4.78, 5) is 16.4. The molecule has 3 rings (SSSR count). The van der Waals surface area contributed by atoms with Crippen LogP contribution in [0.5, 0.6) is 5.75 Å². The van der Waals surface area contributed by atoms with Crippen molar-refractivity contribution in [1.82, 2.24) is 4.98 Å². The molecule has 22 heavy (non-hydrogen) atoms. The van der Waals surface area contributed by atoms with Crippen molar-refractivity contribution >= 4 is 50.6 Å². The van der Waals surface area contributed by atoms with E-state index in [1.807, 2.05) is 18.2 Å². The minimum atomic E-state index is -0.144. The molecule has 7 heteroatoms. The third-order valence-corrected chi connectivity index (χ3v) is 5.01. The Balaban J connectivity index is 1.62. The van der Waals surface area contributed by atoms with Crippen molar-refractivity contribution < 1.29 is 9.90 Å². The van der Waals surface area contributed by atoms with E-state index in [0.29, 0.717) is 11.4 Å². The van der Waals surface area contributed by atoms with Crippen LogP contribution >= 0.6 is 23.1 Å². The Labute approximate surface area is 135 Å². The molecule has 3 aromatic rings. The number of hydrogen-bond acceptors (Lipinski definition) is 6. The first-order valence-corrected chi connectivity index (χ1v) is 8.28. The van der Waals surface area contributed by atoms with Crippen molar-refractivity contribution in [3.8, 4) is 5.75 Å². The normalized spacial score (nSPS) is 10.7. The van der Waals surface area contributed by atoms with Gasteiger partial charge in [-0.25, -0.2) is 4.98 Å². The van der Waals surface area contributed by atoms with Crippen molar-refractivity contribution in [1.29, 1.82) is 0 Å². The van der Waals surface area contributed by atoms with Crippen LogP contribution in [0, 0.1) is 0 Å². The first-order valence-electron chi connectivity index (χ1n) is 6.48. The first kappa shape index (κ1) is 14.7. The molecule has 0 aliphatic carbocycles. The first-order chi connectivity index (χ1) is 10.6. The number of nitrogens with one attached hydrogen (secondary N) is 1. The van der Waals surface area contributed by atoms with Crippen LogP contribution in [0.2, 0.25) is 0 Å². The third-order valence-electron chi connectivity index (χ3n) is 2.85. The fourth-order valence-corrected chi connectivity index (χ4v) is 3.81. The van der Waals surface area contributed by atoms with Crippen LogP contribution in [0.4, 0.5) is 11.4 Å². The molecule has 0 radical (unpaired) electrons. The lowest BCUT2D eigenvalue weighted by Crippen LogP contribution is -2.13. The molecule has 0 aliphatic heterocycles. The van der Waals surface area contributed by atoms with Gasteiger partial charge in [-0.3, -0.25) is 4.79 Å². The summed E-state index contributed by atoms with van der Waals surface area (Å²) in [5, 5.41) is 12.1. The summed E-state index contributed by atoms with van der Waals surface area (Å²) in [5.41, 5.74) is 7.90. The largest absolute Gasteiger partial charge is 0.508 e. The molecule has 0 saturated heterocycles. The number of benzene rings is 2. The number of thioether (sulfide) groups is 1. The van der Waals surface area contributed by atoms with E-state index in [0.717, 1.165) is 14.6 Å². The van der Waals surface area contributed by atoms with Crippen LogP contribution in [0.15, 0.2) is 46.8 Å². The van der Waals surface area contributed by atoms with Gasteiger partial charge in [0.25, 0.3) is 0 Å². The summed E-state index contributed by atoms with van der Waals surface area (Å²) < 4.78 is 1.84. The summed E-state index contributed by atoms with van der Waals surface area (Å²) in [7, 11) is 0. The fraction of sp³-hybridized carbons (Fsp3) is 0.0667. The van der Waals surface area contributed by atoms with Gasteiger partial charge in [-0.2, -0.15) is 0 Å². The van der Waals surface area contributed by atoms with E-state index in [4.69, 9.17) is 5.73 Å². The Bertz CT molecular complexity index is 833. The van der Waals surface area contributed by atoms with E-state index in [2.05, 4.69) is 10.3 Å². The number of nitrogens with zero attached hydrogens (tertiary/aromatic N) is 1. The number of amides is 1. The Morgan fingerprint density at radius 1 is 1.32 bits per heavy atom. The number of fused-ring (bicyclic) bond motifs is 1. The number of aromatic hydroxyl groups is 1. The quantitative estimate of drug-likeness (QED) is 0.504. The van der Waals surface area contributed by atoms with Crippen LogP contribution in [0.1, 0.15) is 0 Å². The summed E-state index contributed by atoms with van der Waals surface area (Å²) in [6.45, 7) is 0. The van der Waals surface area contributed by atoms with Crippen LogP contribution in [0.3, 0.4) is 0 Å². The average Bonchev–Trinajstić information content (AvgIpc) is 2.87. The summed E-state index contributed by atoms with van der Waals surface area (Å²) in [6, 6.07) is 12.0. The molecule has 0 saturated carbocycles. The predicted octanol–water partition coefficient (Wildman–Crippen LogP) is 3.31. The summed E-state index contributed by atoms with van der Waals surface area (Å²) in [6.07, 6.45) is 0. The van der Waals surface area contributed by atoms with Gasteiger partial charge in [0.15, 0.2) is 4.34 Å². The fourth-order valence-electron chi connectivity index (χ4n) is 1.89. The number of carbonyl (C=O) groups is 1. The zero-order chi connectivity index (χ0) is 15.5. The van der Waals surface area contributed by atoms with Crippen molar-refractivity contribution in [2.24, 2.45) is 0 Å². The molecule has 0 atom stereocenters. The molecule has 0 spiro atoms. The highest BCUT2D eigenvalue weighted by Gasteiger charge is 2.08. The highest BCUT2D eigenvalue weighted by Crippen LogP contribution is 2.30. The van der Waals surface area contributed by atoms with E-state index in [1.165, 1.54) is 29.2 Å². The van der Waals surface area contributed by atoms with Gasteiger partial charge >= 0.3 is 0 Å². The van der Waals surface area contributed by atoms with E-state index >= 15 is 0 Å². The SMILES string of the molecule is Nc1ccc2nc(SCC(=O)Nc3cccc(O)c3)sc2c1. The Kier molecular flexibility index (Phi) is 4.17. The molecule has 1 amide bonds. The van der Waals surface area contributed by atoms with Gasteiger partial charge in [-0.05, 0) is 30.3 Å². The van der Waals surface area contributed by atoms with Crippen LogP contribution < -0.4 is 11.1 Å². The highest BCUT2D eigenvalue weighted by molar-refractivity contribution is 8.01. The number of nitrogen functional groups attached to an aromatic ring is 1. The third kappa shape index (κ3) is 3.49. The van der Waals surface area contributed by atoms with Gasteiger partial charge in [-0.1, -0.05) is 17.8 Å². The van der Waals surface area contributed by atoms with Crippen molar-refractivity contribution in [2.75, 3.05) is 16.8 Å². The number of thiazole rings is 1. The molecule has 5 nitrogen and oxygen atoms in total. The van der Waals surface area contributed by atoms with Gasteiger partial charge in [0, 0.05) is 17.4 Å². The average molecular weight is 331 g/mol. The molecular weight excluding hydrogens is 318 g/mol. The van der Waals surface area contributed by atoms with E-state index in [-0.39, 0.29) is 17.4 Å². The lowest BCUT2D eigenvalue weighted by Gasteiger charge is -2.04.